The van der Waals surface area contributed by atoms with Gasteiger partial charge in [0.1, 0.15) is 23.0 Å². The van der Waals surface area contributed by atoms with Crippen LogP contribution in [0.3, 0.4) is 0 Å². The summed E-state index contributed by atoms with van der Waals surface area (Å²) in [4.78, 5) is 4.24. The molecule has 0 bridgehead atoms. The zero-order valence-electron chi connectivity index (χ0n) is 14.6. The van der Waals surface area contributed by atoms with Crippen molar-refractivity contribution in [2.75, 3.05) is 5.73 Å². The SMILES string of the molecule is Nc1cccc(Oc2ccncc2-c2ccc(Oc3ccccc3)cc2)c1. The molecule has 0 amide bonds. The first-order valence-corrected chi connectivity index (χ1v) is 8.59. The number of rotatable bonds is 5. The van der Waals surface area contributed by atoms with Crippen LogP contribution in [0.15, 0.2) is 97.3 Å². The van der Waals surface area contributed by atoms with E-state index in [9.17, 15) is 0 Å². The summed E-state index contributed by atoms with van der Waals surface area (Å²) >= 11 is 0. The van der Waals surface area contributed by atoms with Crippen LogP contribution in [0.1, 0.15) is 0 Å². The van der Waals surface area contributed by atoms with Crippen LogP contribution in [0.5, 0.6) is 23.0 Å². The Morgan fingerprint density at radius 2 is 1.41 bits per heavy atom. The van der Waals surface area contributed by atoms with Gasteiger partial charge in [-0.25, -0.2) is 0 Å². The fourth-order valence-corrected chi connectivity index (χ4v) is 2.72. The molecule has 1 heterocycles. The van der Waals surface area contributed by atoms with Gasteiger partial charge in [0, 0.05) is 29.7 Å². The topological polar surface area (TPSA) is 57.4 Å². The van der Waals surface area contributed by atoms with Crippen molar-refractivity contribution in [1.29, 1.82) is 0 Å². The fraction of sp³-hybridized carbons (Fsp3) is 0. The molecule has 4 nitrogen and oxygen atoms in total. The highest BCUT2D eigenvalue weighted by Gasteiger charge is 2.08. The van der Waals surface area contributed by atoms with Crippen molar-refractivity contribution in [3.8, 4) is 34.1 Å². The lowest BCUT2D eigenvalue weighted by atomic mass is 10.1. The van der Waals surface area contributed by atoms with E-state index in [1.165, 1.54) is 0 Å². The quantitative estimate of drug-likeness (QED) is 0.452. The van der Waals surface area contributed by atoms with Gasteiger partial charge in [0.05, 0.1) is 0 Å². The maximum Gasteiger partial charge on any atom is 0.138 e. The summed E-state index contributed by atoms with van der Waals surface area (Å²) in [6.07, 6.45) is 3.49. The molecule has 0 aliphatic heterocycles. The first-order valence-electron chi connectivity index (χ1n) is 8.59. The highest BCUT2D eigenvalue weighted by molar-refractivity contribution is 5.70. The average Bonchev–Trinajstić information content (AvgIpc) is 2.70. The van der Waals surface area contributed by atoms with Gasteiger partial charge in [-0.1, -0.05) is 36.4 Å². The van der Waals surface area contributed by atoms with Gasteiger partial charge in [0.25, 0.3) is 0 Å². The first-order chi connectivity index (χ1) is 13.3. The predicted molar refractivity (Wildman–Crippen MR) is 107 cm³/mol. The number of benzene rings is 3. The third-order valence-electron chi connectivity index (χ3n) is 4.01. The number of hydrogen-bond donors (Lipinski definition) is 1. The summed E-state index contributed by atoms with van der Waals surface area (Å²) in [5.41, 5.74) is 8.38. The van der Waals surface area contributed by atoms with Crippen LogP contribution in [0.2, 0.25) is 0 Å². The van der Waals surface area contributed by atoms with Gasteiger partial charge < -0.3 is 15.2 Å². The molecule has 0 radical (unpaired) electrons. The summed E-state index contributed by atoms with van der Waals surface area (Å²) < 4.78 is 11.9. The molecule has 132 valence electrons. The fourth-order valence-electron chi connectivity index (χ4n) is 2.72. The van der Waals surface area contributed by atoms with Gasteiger partial charge in [-0.3, -0.25) is 4.98 Å². The highest BCUT2D eigenvalue weighted by Crippen LogP contribution is 2.34. The number of nitrogens with two attached hydrogens (primary N) is 1. The monoisotopic (exact) mass is 354 g/mol. The molecule has 0 saturated carbocycles. The molecule has 0 saturated heterocycles. The number of nitrogen functional groups attached to an aromatic ring is 1. The van der Waals surface area contributed by atoms with E-state index in [0.29, 0.717) is 17.2 Å². The molecule has 4 heteroatoms. The Morgan fingerprint density at radius 3 is 2.19 bits per heavy atom. The minimum absolute atomic E-state index is 0.658. The Morgan fingerprint density at radius 1 is 0.667 bits per heavy atom. The van der Waals surface area contributed by atoms with Crippen molar-refractivity contribution in [2.24, 2.45) is 0 Å². The van der Waals surface area contributed by atoms with E-state index in [1.54, 1.807) is 18.5 Å². The van der Waals surface area contributed by atoms with E-state index < -0.39 is 0 Å². The normalized spacial score (nSPS) is 10.4. The molecule has 4 aromatic rings. The van der Waals surface area contributed by atoms with E-state index in [-0.39, 0.29) is 0 Å². The van der Waals surface area contributed by atoms with Gasteiger partial charge in [0.2, 0.25) is 0 Å². The highest BCUT2D eigenvalue weighted by atomic mass is 16.5. The predicted octanol–water partition coefficient (Wildman–Crippen LogP) is 5.92. The Kier molecular flexibility index (Phi) is 4.70. The summed E-state index contributed by atoms with van der Waals surface area (Å²) in [7, 11) is 0. The summed E-state index contributed by atoms with van der Waals surface area (Å²) in [6, 6.07) is 26.7. The molecule has 4 rings (SSSR count). The number of ether oxygens (including phenoxy) is 2. The van der Waals surface area contributed by atoms with Crippen LogP contribution < -0.4 is 15.2 Å². The standard InChI is InChI=1S/C23H18N2O2/c24-18-5-4-8-21(15-18)27-23-13-14-25-16-22(23)17-9-11-20(12-10-17)26-19-6-2-1-3-7-19/h1-16H,24H2. The minimum Gasteiger partial charge on any atom is -0.457 e. The number of aromatic nitrogens is 1. The van der Waals surface area contributed by atoms with Gasteiger partial charge in [-0.05, 0) is 48.0 Å². The third kappa shape index (κ3) is 4.07. The molecule has 2 N–H and O–H groups in total. The molecule has 0 unspecified atom stereocenters. The van der Waals surface area contributed by atoms with Gasteiger partial charge in [-0.2, -0.15) is 0 Å². The number of nitrogens with zero attached hydrogens (tertiary/aromatic N) is 1. The van der Waals surface area contributed by atoms with E-state index in [0.717, 1.165) is 22.6 Å². The first kappa shape index (κ1) is 16.7. The zero-order chi connectivity index (χ0) is 18.5. The lowest BCUT2D eigenvalue weighted by Crippen LogP contribution is -1.91. The van der Waals surface area contributed by atoms with Crippen molar-refractivity contribution < 1.29 is 9.47 Å². The summed E-state index contributed by atoms with van der Waals surface area (Å²) in [5.74, 6) is 2.98. The molecule has 0 fully saturated rings. The number of pyridine rings is 1. The minimum atomic E-state index is 0.658. The summed E-state index contributed by atoms with van der Waals surface area (Å²) in [5, 5.41) is 0. The lowest BCUT2D eigenvalue weighted by Gasteiger charge is -2.12. The van der Waals surface area contributed by atoms with Crippen LogP contribution >= 0.6 is 0 Å². The van der Waals surface area contributed by atoms with E-state index in [2.05, 4.69) is 4.98 Å². The molecule has 0 spiro atoms. The van der Waals surface area contributed by atoms with Crippen molar-refractivity contribution in [3.05, 3.63) is 97.3 Å². The molecule has 0 aliphatic rings. The van der Waals surface area contributed by atoms with E-state index >= 15 is 0 Å². The number of para-hydroxylation sites is 1. The molecule has 0 aliphatic carbocycles. The summed E-state index contributed by atoms with van der Waals surface area (Å²) in [6.45, 7) is 0. The van der Waals surface area contributed by atoms with Gasteiger partial charge in [0.15, 0.2) is 0 Å². The number of anilines is 1. The van der Waals surface area contributed by atoms with Crippen molar-refractivity contribution in [1.82, 2.24) is 4.98 Å². The largest absolute Gasteiger partial charge is 0.457 e. The van der Waals surface area contributed by atoms with Crippen LogP contribution in [0.25, 0.3) is 11.1 Å². The van der Waals surface area contributed by atoms with E-state index in [1.807, 2.05) is 78.9 Å². The van der Waals surface area contributed by atoms with Crippen LogP contribution in [0.4, 0.5) is 5.69 Å². The van der Waals surface area contributed by atoms with E-state index in [4.69, 9.17) is 15.2 Å². The zero-order valence-corrected chi connectivity index (χ0v) is 14.6. The second-order valence-corrected chi connectivity index (χ2v) is 5.99. The van der Waals surface area contributed by atoms with Gasteiger partial charge >= 0.3 is 0 Å². The second-order valence-electron chi connectivity index (χ2n) is 5.99. The average molecular weight is 354 g/mol. The van der Waals surface area contributed by atoms with Crippen molar-refractivity contribution >= 4 is 5.69 Å². The molecular weight excluding hydrogens is 336 g/mol. The maximum absolute atomic E-state index is 6.02. The molecule has 27 heavy (non-hydrogen) atoms. The van der Waals surface area contributed by atoms with Crippen molar-refractivity contribution in [2.45, 2.75) is 0 Å². The van der Waals surface area contributed by atoms with Crippen molar-refractivity contribution in [3.63, 3.8) is 0 Å². The molecule has 3 aromatic carbocycles. The van der Waals surface area contributed by atoms with Crippen LogP contribution in [0, 0.1) is 0 Å². The number of hydrogen-bond acceptors (Lipinski definition) is 4. The van der Waals surface area contributed by atoms with Crippen LogP contribution in [-0.2, 0) is 0 Å². The molecule has 0 atom stereocenters. The Hall–Kier alpha value is -3.79. The maximum atomic E-state index is 6.02. The Labute approximate surface area is 157 Å². The Bertz CT molecular complexity index is 1030. The van der Waals surface area contributed by atoms with Crippen LogP contribution in [-0.4, -0.2) is 4.98 Å². The Balaban J connectivity index is 1.58. The second kappa shape index (κ2) is 7.62. The van der Waals surface area contributed by atoms with Gasteiger partial charge in [-0.15, -0.1) is 0 Å². The third-order valence-corrected chi connectivity index (χ3v) is 4.01. The lowest BCUT2D eigenvalue weighted by molar-refractivity contribution is 0.481. The molecule has 1 aromatic heterocycles. The molecular formula is C23H18N2O2. The smallest absolute Gasteiger partial charge is 0.138 e.